The van der Waals surface area contributed by atoms with Gasteiger partial charge in [0.25, 0.3) is 11.8 Å². The highest BCUT2D eigenvalue weighted by molar-refractivity contribution is 5.94. The first kappa shape index (κ1) is 20.2. The summed E-state index contributed by atoms with van der Waals surface area (Å²) >= 11 is 0. The second kappa shape index (κ2) is 9.59. The predicted octanol–water partition coefficient (Wildman–Crippen LogP) is 3.52. The Morgan fingerprint density at radius 3 is 2.55 bits per heavy atom. The Labute approximate surface area is 169 Å². The highest BCUT2D eigenvalue weighted by atomic mass is 16.5. The Morgan fingerprint density at radius 1 is 0.931 bits per heavy atom. The van der Waals surface area contributed by atoms with E-state index in [1.807, 2.05) is 38.1 Å². The third-order valence-electron chi connectivity index (χ3n) is 4.53. The minimum atomic E-state index is -0.226. The van der Waals surface area contributed by atoms with Crippen LogP contribution < -0.4 is 15.4 Å². The summed E-state index contributed by atoms with van der Waals surface area (Å²) < 4.78 is 10.7. The van der Waals surface area contributed by atoms with Gasteiger partial charge in [0.2, 0.25) is 0 Å². The lowest BCUT2D eigenvalue weighted by Gasteiger charge is -2.10. The quantitative estimate of drug-likeness (QED) is 0.615. The van der Waals surface area contributed by atoms with E-state index >= 15 is 0 Å². The molecule has 1 heterocycles. The van der Waals surface area contributed by atoms with Gasteiger partial charge >= 0.3 is 0 Å². The number of furan rings is 1. The summed E-state index contributed by atoms with van der Waals surface area (Å²) in [6.45, 7) is 4.60. The average Bonchev–Trinajstić information content (AvgIpc) is 3.25. The van der Waals surface area contributed by atoms with Gasteiger partial charge in [0.05, 0.1) is 12.8 Å². The molecule has 3 aromatic rings. The van der Waals surface area contributed by atoms with E-state index in [0.717, 1.165) is 11.1 Å². The second-order valence-electron chi connectivity index (χ2n) is 6.77. The number of benzene rings is 2. The van der Waals surface area contributed by atoms with E-state index < -0.39 is 0 Å². The van der Waals surface area contributed by atoms with E-state index in [2.05, 4.69) is 10.6 Å². The molecular weight excluding hydrogens is 368 g/mol. The van der Waals surface area contributed by atoms with Crippen LogP contribution in [0.15, 0.2) is 65.3 Å². The SMILES string of the molecule is Cc1ccc(OCC(=O)NCc2cccc(C(=O)NCc3ccco3)c2)cc1C. The first-order valence-electron chi connectivity index (χ1n) is 9.37. The molecule has 0 atom stereocenters. The molecular formula is C23H24N2O4. The van der Waals surface area contributed by atoms with Crippen LogP contribution in [0.2, 0.25) is 0 Å². The zero-order valence-electron chi connectivity index (χ0n) is 16.5. The first-order valence-corrected chi connectivity index (χ1v) is 9.37. The molecule has 0 saturated heterocycles. The summed E-state index contributed by atoms with van der Waals surface area (Å²) in [5.74, 6) is 0.924. The minimum Gasteiger partial charge on any atom is -0.484 e. The van der Waals surface area contributed by atoms with Crippen LogP contribution >= 0.6 is 0 Å². The number of carbonyl (C=O) groups excluding carboxylic acids is 2. The van der Waals surface area contributed by atoms with Crippen molar-refractivity contribution in [1.82, 2.24) is 10.6 Å². The van der Waals surface area contributed by atoms with Crippen molar-refractivity contribution in [2.24, 2.45) is 0 Å². The number of rotatable bonds is 8. The van der Waals surface area contributed by atoms with Crippen molar-refractivity contribution >= 4 is 11.8 Å². The largest absolute Gasteiger partial charge is 0.484 e. The summed E-state index contributed by atoms with van der Waals surface area (Å²) in [5, 5.41) is 5.61. The number of aryl methyl sites for hydroxylation is 2. The molecule has 0 spiro atoms. The number of hydrogen-bond donors (Lipinski definition) is 2. The lowest BCUT2D eigenvalue weighted by molar-refractivity contribution is -0.123. The minimum absolute atomic E-state index is 0.0637. The van der Waals surface area contributed by atoms with Gasteiger partial charge in [-0.25, -0.2) is 0 Å². The van der Waals surface area contributed by atoms with Gasteiger partial charge in [0.15, 0.2) is 6.61 Å². The van der Waals surface area contributed by atoms with Crippen molar-refractivity contribution in [2.45, 2.75) is 26.9 Å². The highest BCUT2D eigenvalue weighted by Gasteiger charge is 2.08. The smallest absolute Gasteiger partial charge is 0.258 e. The molecule has 0 bridgehead atoms. The van der Waals surface area contributed by atoms with Crippen LogP contribution in [-0.4, -0.2) is 18.4 Å². The van der Waals surface area contributed by atoms with Crippen molar-refractivity contribution in [3.05, 3.63) is 88.9 Å². The number of hydrogen-bond acceptors (Lipinski definition) is 4. The molecule has 6 heteroatoms. The standard InChI is InChI=1S/C23H24N2O4/c1-16-8-9-20(11-17(16)2)29-15-22(26)24-13-18-5-3-6-19(12-18)23(27)25-14-21-7-4-10-28-21/h3-12H,13-15H2,1-2H3,(H,24,26)(H,25,27). The van der Waals surface area contributed by atoms with Crippen LogP contribution in [0.25, 0.3) is 0 Å². The van der Waals surface area contributed by atoms with Gasteiger partial charge in [-0.15, -0.1) is 0 Å². The Hall–Kier alpha value is -3.54. The van der Waals surface area contributed by atoms with Gasteiger partial charge in [-0.05, 0) is 66.9 Å². The number of ether oxygens (including phenoxy) is 1. The molecule has 2 aromatic carbocycles. The fourth-order valence-electron chi connectivity index (χ4n) is 2.71. The molecule has 0 unspecified atom stereocenters. The maximum Gasteiger partial charge on any atom is 0.258 e. The third-order valence-corrected chi connectivity index (χ3v) is 4.53. The third kappa shape index (κ3) is 5.97. The van der Waals surface area contributed by atoms with E-state index in [9.17, 15) is 9.59 Å². The Bertz CT molecular complexity index is 980. The van der Waals surface area contributed by atoms with E-state index in [1.54, 1.807) is 36.6 Å². The molecule has 0 saturated carbocycles. The lowest BCUT2D eigenvalue weighted by atomic mass is 10.1. The summed E-state index contributed by atoms with van der Waals surface area (Å²) in [6.07, 6.45) is 1.56. The molecule has 150 valence electrons. The summed E-state index contributed by atoms with van der Waals surface area (Å²) in [7, 11) is 0. The Kier molecular flexibility index (Phi) is 6.68. The summed E-state index contributed by atoms with van der Waals surface area (Å²) in [6, 6.07) is 16.4. The van der Waals surface area contributed by atoms with Crippen LogP contribution in [0.5, 0.6) is 5.75 Å². The van der Waals surface area contributed by atoms with Gasteiger partial charge in [0, 0.05) is 12.1 Å². The van der Waals surface area contributed by atoms with Crippen molar-refractivity contribution < 1.29 is 18.7 Å². The van der Waals surface area contributed by atoms with Crippen LogP contribution in [0.1, 0.15) is 32.8 Å². The van der Waals surface area contributed by atoms with Crippen LogP contribution in [-0.2, 0) is 17.9 Å². The molecule has 2 N–H and O–H groups in total. The van der Waals surface area contributed by atoms with Gasteiger partial charge in [-0.3, -0.25) is 9.59 Å². The number of amides is 2. The monoisotopic (exact) mass is 392 g/mol. The van der Waals surface area contributed by atoms with Gasteiger partial charge < -0.3 is 19.8 Å². The van der Waals surface area contributed by atoms with Crippen molar-refractivity contribution in [3.63, 3.8) is 0 Å². The molecule has 0 radical (unpaired) electrons. The molecule has 0 aliphatic heterocycles. The fourth-order valence-corrected chi connectivity index (χ4v) is 2.71. The topological polar surface area (TPSA) is 80.6 Å². The molecule has 3 rings (SSSR count). The van der Waals surface area contributed by atoms with Crippen molar-refractivity contribution in [2.75, 3.05) is 6.61 Å². The van der Waals surface area contributed by atoms with Gasteiger partial charge in [-0.1, -0.05) is 18.2 Å². The Morgan fingerprint density at radius 2 is 1.79 bits per heavy atom. The van der Waals surface area contributed by atoms with E-state index in [1.165, 1.54) is 5.56 Å². The zero-order valence-corrected chi connectivity index (χ0v) is 16.5. The fraction of sp³-hybridized carbons (Fsp3) is 0.217. The van der Waals surface area contributed by atoms with Crippen LogP contribution in [0.4, 0.5) is 0 Å². The molecule has 2 amide bonds. The molecule has 0 aliphatic carbocycles. The summed E-state index contributed by atoms with van der Waals surface area (Å²) in [5.41, 5.74) is 3.64. The van der Waals surface area contributed by atoms with E-state index in [0.29, 0.717) is 30.2 Å². The Balaban J connectivity index is 1.47. The normalized spacial score (nSPS) is 10.4. The maximum atomic E-state index is 12.3. The van der Waals surface area contributed by atoms with Crippen molar-refractivity contribution in [3.8, 4) is 5.75 Å². The molecule has 29 heavy (non-hydrogen) atoms. The van der Waals surface area contributed by atoms with E-state index in [-0.39, 0.29) is 18.4 Å². The zero-order chi connectivity index (χ0) is 20.6. The van der Waals surface area contributed by atoms with Crippen molar-refractivity contribution in [1.29, 1.82) is 0 Å². The number of carbonyl (C=O) groups is 2. The van der Waals surface area contributed by atoms with E-state index in [4.69, 9.17) is 9.15 Å². The lowest BCUT2D eigenvalue weighted by Crippen LogP contribution is -2.28. The molecule has 6 nitrogen and oxygen atoms in total. The average molecular weight is 392 g/mol. The van der Waals surface area contributed by atoms with Crippen LogP contribution in [0.3, 0.4) is 0 Å². The molecule has 1 aromatic heterocycles. The molecule has 0 fully saturated rings. The molecule has 0 aliphatic rings. The highest BCUT2D eigenvalue weighted by Crippen LogP contribution is 2.16. The van der Waals surface area contributed by atoms with Gasteiger partial charge in [-0.2, -0.15) is 0 Å². The second-order valence-corrected chi connectivity index (χ2v) is 6.77. The number of nitrogens with one attached hydrogen (secondary N) is 2. The predicted molar refractivity (Wildman–Crippen MR) is 110 cm³/mol. The van der Waals surface area contributed by atoms with Gasteiger partial charge in [0.1, 0.15) is 11.5 Å². The van der Waals surface area contributed by atoms with Crippen LogP contribution in [0, 0.1) is 13.8 Å². The summed E-state index contributed by atoms with van der Waals surface area (Å²) in [4.78, 5) is 24.3. The maximum absolute atomic E-state index is 12.3. The first-order chi connectivity index (χ1) is 14.0.